The molecule has 4 rings (SSSR count). The number of aromatic nitrogens is 1. The zero-order valence-electron chi connectivity index (χ0n) is 16.8. The Morgan fingerprint density at radius 1 is 1.03 bits per heavy atom. The molecule has 5 nitrogen and oxygen atoms in total. The van der Waals surface area contributed by atoms with Crippen LogP contribution in [0.2, 0.25) is 0 Å². The van der Waals surface area contributed by atoms with Crippen LogP contribution >= 0.6 is 0 Å². The third-order valence-electron chi connectivity index (χ3n) is 5.26. The van der Waals surface area contributed by atoms with Gasteiger partial charge in [0.05, 0.1) is 18.2 Å². The maximum Gasteiger partial charge on any atom is 0.227 e. The first-order chi connectivity index (χ1) is 14.4. The van der Waals surface area contributed by atoms with Gasteiger partial charge >= 0.3 is 0 Å². The van der Waals surface area contributed by atoms with Gasteiger partial charge in [0.2, 0.25) is 5.91 Å². The number of hydrogen-bond acceptors (Lipinski definition) is 3. The van der Waals surface area contributed by atoms with Gasteiger partial charge in [-0.05, 0) is 48.4 Å². The molecule has 0 radical (unpaired) electrons. The Balaban J connectivity index is 1.53. The van der Waals surface area contributed by atoms with Crippen molar-refractivity contribution in [2.24, 2.45) is 0 Å². The summed E-state index contributed by atoms with van der Waals surface area (Å²) in [7, 11) is -3.26. The van der Waals surface area contributed by atoms with Gasteiger partial charge in [0.15, 0.2) is 9.84 Å². The molecule has 0 saturated carbocycles. The van der Waals surface area contributed by atoms with Gasteiger partial charge in [-0.3, -0.25) is 4.79 Å². The van der Waals surface area contributed by atoms with Gasteiger partial charge in [-0.2, -0.15) is 0 Å². The lowest BCUT2D eigenvalue weighted by atomic mass is 10.1. The summed E-state index contributed by atoms with van der Waals surface area (Å²) < 4.78 is 25.9. The first-order valence-electron chi connectivity index (χ1n) is 9.88. The van der Waals surface area contributed by atoms with Gasteiger partial charge in [-0.1, -0.05) is 42.0 Å². The number of benzene rings is 2. The summed E-state index contributed by atoms with van der Waals surface area (Å²) in [4.78, 5) is 14.9. The van der Waals surface area contributed by atoms with Crippen LogP contribution in [-0.2, 0) is 27.6 Å². The largest absolute Gasteiger partial charge is 0.331 e. The van der Waals surface area contributed by atoms with E-state index in [1.807, 2.05) is 84.5 Å². The smallest absolute Gasteiger partial charge is 0.227 e. The van der Waals surface area contributed by atoms with E-state index >= 15 is 0 Å². The van der Waals surface area contributed by atoms with Crippen LogP contribution in [0.1, 0.15) is 16.7 Å². The van der Waals surface area contributed by atoms with Crippen molar-refractivity contribution in [3.05, 3.63) is 101 Å². The summed E-state index contributed by atoms with van der Waals surface area (Å²) in [5.41, 5.74) is 4.02. The first kappa shape index (κ1) is 20.2. The molecule has 2 aromatic carbocycles. The van der Waals surface area contributed by atoms with Crippen LogP contribution in [0, 0.1) is 6.92 Å². The average Bonchev–Trinajstić information content (AvgIpc) is 3.36. The van der Waals surface area contributed by atoms with Crippen LogP contribution in [0.3, 0.4) is 0 Å². The minimum atomic E-state index is -3.26. The van der Waals surface area contributed by atoms with E-state index in [1.54, 1.807) is 11.0 Å². The number of amides is 1. The zero-order chi connectivity index (χ0) is 21.1. The number of carbonyl (C=O) groups is 1. The third kappa shape index (κ3) is 4.71. The van der Waals surface area contributed by atoms with Crippen LogP contribution in [0.25, 0.3) is 5.69 Å². The maximum absolute atomic E-state index is 13.2. The molecule has 1 aliphatic rings. The molecule has 0 aliphatic carbocycles. The first-order valence-corrected chi connectivity index (χ1v) is 11.6. The zero-order valence-corrected chi connectivity index (χ0v) is 17.6. The molecular formula is C24H24N2O3S. The number of carbonyl (C=O) groups excluding carboxylic acids is 1. The summed E-state index contributed by atoms with van der Waals surface area (Å²) in [5.74, 6) is -0.145. The topological polar surface area (TPSA) is 59.4 Å². The van der Waals surface area contributed by atoms with Gasteiger partial charge in [-0.25, -0.2) is 8.42 Å². The normalized spacial score (nSPS) is 17.2. The molecule has 1 aromatic heterocycles. The molecule has 0 fully saturated rings. The van der Waals surface area contributed by atoms with Crippen molar-refractivity contribution in [2.45, 2.75) is 25.9 Å². The van der Waals surface area contributed by atoms with E-state index in [9.17, 15) is 13.2 Å². The highest BCUT2D eigenvalue weighted by atomic mass is 32.2. The number of sulfone groups is 1. The van der Waals surface area contributed by atoms with Crippen LogP contribution < -0.4 is 0 Å². The molecule has 154 valence electrons. The lowest BCUT2D eigenvalue weighted by Crippen LogP contribution is -2.41. The minimum Gasteiger partial charge on any atom is -0.331 e. The highest BCUT2D eigenvalue weighted by Crippen LogP contribution is 2.20. The van der Waals surface area contributed by atoms with E-state index in [4.69, 9.17) is 0 Å². The van der Waals surface area contributed by atoms with Crippen molar-refractivity contribution in [3.63, 3.8) is 0 Å². The Hall–Kier alpha value is -3.12. The molecule has 30 heavy (non-hydrogen) atoms. The Morgan fingerprint density at radius 3 is 2.40 bits per heavy atom. The average molecular weight is 421 g/mol. The SMILES string of the molecule is Cc1cccc(CN(C(=O)Cc2ccc(-n3cccc3)cc2)C2C=CS(=O)(=O)C2)c1. The second kappa shape index (κ2) is 8.32. The van der Waals surface area contributed by atoms with Gasteiger partial charge < -0.3 is 9.47 Å². The molecule has 2 heterocycles. The van der Waals surface area contributed by atoms with E-state index < -0.39 is 15.9 Å². The highest BCUT2D eigenvalue weighted by molar-refractivity contribution is 7.94. The molecule has 0 bridgehead atoms. The van der Waals surface area contributed by atoms with Crippen molar-refractivity contribution in [3.8, 4) is 5.69 Å². The second-order valence-electron chi connectivity index (χ2n) is 7.67. The van der Waals surface area contributed by atoms with Crippen LogP contribution in [-0.4, -0.2) is 35.6 Å². The quantitative estimate of drug-likeness (QED) is 0.611. The van der Waals surface area contributed by atoms with Crippen LogP contribution in [0.4, 0.5) is 0 Å². The number of hydrogen-bond donors (Lipinski definition) is 0. The lowest BCUT2D eigenvalue weighted by molar-refractivity contribution is -0.132. The molecule has 0 saturated heterocycles. The summed E-state index contributed by atoms with van der Waals surface area (Å²) >= 11 is 0. The molecule has 3 aromatic rings. The van der Waals surface area contributed by atoms with E-state index in [1.165, 1.54) is 5.41 Å². The van der Waals surface area contributed by atoms with E-state index in [-0.39, 0.29) is 18.1 Å². The minimum absolute atomic E-state index is 0.0584. The van der Waals surface area contributed by atoms with Crippen molar-refractivity contribution >= 4 is 15.7 Å². The Morgan fingerprint density at radius 2 is 1.77 bits per heavy atom. The molecule has 1 unspecified atom stereocenters. The van der Waals surface area contributed by atoms with Crippen molar-refractivity contribution in [2.75, 3.05) is 5.75 Å². The molecule has 0 N–H and O–H groups in total. The molecule has 6 heteroatoms. The molecule has 1 amide bonds. The fourth-order valence-corrected chi connectivity index (χ4v) is 5.02. The fourth-order valence-electron chi connectivity index (χ4n) is 3.72. The standard InChI is InChI=1S/C24H24N2O3S/c1-19-5-4-6-21(15-19)17-26(23-11-14-30(28,29)18-23)24(27)16-20-7-9-22(10-8-20)25-12-2-3-13-25/h2-15,23H,16-18H2,1H3. The van der Waals surface area contributed by atoms with Crippen molar-refractivity contribution in [1.82, 2.24) is 9.47 Å². The maximum atomic E-state index is 13.2. The molecular weight excluding hydrogens is 396 g/mol. The van der Waals surface area contributed by atoms with Gasteiger partial charge in [0.1, 0.15) is 0 Å². The van der Waals surface area contributed by atoms with E-state index in [0.29, 0.717) is 6.54 Å². The molecule has 1 atom stereocenters. The number of aryl methyl sites for hydroxylation is 1. The van der Waals surface area contributed by atoms with Gasteiger partial charge in [0, 0.05) is 30.0 Å². The Labute approximate surface area is 177 Å². The third-order valence-corrected chi connectivity index (χ3v) is 6.64. The summed E-state index contributed by atoms with van der Waals surface area (Å²) in [6.07, 6.45) is 5.79. The number of rotatable bonds is 6. The summed E-state index contributed by atoms with van der Waals surface area (Å²) in [5, 5.41) is 1.22. The fraction of sp³-hybridized carbons (Fsp3) is 0.208. The van der Waals surface area contributed by atoms with Crippen LogP contribution in [0.5, 0.6) is 0 Å². The Bertz CT molecular complexity index is 1160. The summed E-state index contributed by atoms with van der Waals surface area (Å²) in [6, 6.07) is 19.3. The Kier molecular flexibility index (Phi) is 5.59. The van der Waals surface area contributed by atoms with Crippen molar-refractivity contribution in [1.29, 1.82) is 0 Å². The lowest BCUT2D eigenvalue weighted by Gasteiger charge is -2.28. The van der Waals surface area contributed by atoms with E-state index in [2.05, 4.69) is 0 Å². The van der Waals surface area contributed by atoms with Gasteiger partial charge in [0.25, 0.3) is 0 Å². The molecule has 1 aliphatic heterocycles. The second-order valence-corrected chi connectivity index (χ2v) is 9.60. The highest BCUT2D eigenvalue weighted by Gasteiger charge is 2.30. The predicted molar refractivity (Wildman–Crippen MR) is 118 cm³/mol. The van der Waals surface area contributed by atoms with Crippen LogP contribution in [0.15, 0.2) is 84.5 Å². The summed E-state index contributed by atoms with van der Waals surface area (Å²) in [6.45, 7) is 2.38. The number of nitrogens with zero attached hydrogens (tertiary/aromatic N) is 2. The monoisotopic (exact) mass is 420 g/mol. The van der Waals surface area contributed by atoms with Gasteiger partial charge in [-0.15, -0.1) is 0 Å². The van der Waals surface area contributed by atoms with E-state index in [0.717, 1.165) is 22.4 Å². The molecule has 0 spiro atoms. The predicted octanol–water partition coefficient (Wildman–Crippen LogP) is 3.67. The van der Waals surface area contributed by atoms with Crippen molar-refractivity contribution < 1.29 is 13.2 Å².